The topological polar surface area (TPSA) is 121 Å². The number of hydrogen-bond acceptors (Lipinski definition) is 6. The van der Waals surface area contributed by atoms with Gasteiger partial charge in [0.15, 0.2) is 5.69 Å². The number of carbonyl (C=O) groups is 1. The number of hydrogen-bond donors (Lipinski definition) is 2. The lowest BCUT2D eigenvalue weighted by Gasteiger charge is -2.21. The van der Waals surface area contributed by atoms with Crippen molar-refractivity contribution in [2.45, 2.75) is 6.04 Å². The van der Waals surface area contributed by atoms with Crippen LogP contribution in [0.3, 0.4) is 0 Å². The molecule has 2 N–H and O–H groups in total. The summed E-state index contributed by atoms with van der Waals surface area (Å²) in [7, 11) is -0.482. The Labute approximate surface area is 150 Å². The van der Waals surface area contributed by atoms with Gasteiger partial charge in [0.25, 0.3) is 11.5 Å². The van der Waals surface area contributed by atoms with Crippen molar-refractivity contribution in [3.63, 3.8) is 0 Å². The van der Waals surface area contributed by atoms with Crippen molar-refractivity contribution in [1.29, 1.82) is 0 Å². The zero-order valence-corrected chi connectivity index (χ0v) is 15.2. The summed E-state index contributed by atoms with van der Waals surface area (Å²) in [6.45, 7) is 0.471. The van der Waals surface area contributed by atoms with E-state index in [0.29, 0.717) is 10.8 Å². The average Bonchev–Trinajstić information content (AvgIpc) is 3.01. The van der Waals surface area contributed by atoms with Gasteiger partial charge in [0.1, 0.15) is 0 Å². The fraction of sp³-hybridized carbons (Fsp3) is 0.438. The van der Waals surface area contributed by atoms with Crippen molar-refractivity contribution < 1.29 is 17.9 Å². The molecule has 0 saturated carbocycles. The molecule has 1 aliphatic heterocycles. The lowest BCUT2D eigenvalue weighted by molar-refractivity contribution is 0.0922. The van der Waals surface area contributed by atoms with Crippen LogP contribution in [0.25, 0.3) is 10.8 Å². The summed E-state index contributed by atoms with van der Waals surface area (Å²) in [6.07, 6.45) is 0. The summed E-state index contributed by atoms with van der Waals surface area (Å²) in [5.41, 5.74) is -0.294. The van der Waals surface area contributed by atoms with E-state index in [1.165, 1.54) is 14.1 Å². The van der Waals surface area contributed by atoms with Crippen LogP contribution in [0.4, 0.5) is 0 Å². The normalized spacial score (nSPS) is 20.6. The predicted molar refractivity (Wildman–Crippen MR) is 95.4 cm³/mol. The van der Waals surface area contributed by atoms with E-state index in [1.54, 1.807) is 24.3 Å². The highest BCUT2D eigenvalue weighted by Gasteiger charge is 2.34. The molecule has 1 aromatic carbocycles. The molecule has 140 valence electrons. The molecule has 1 aliphatic rings. The van der Waals surface area contributed by atoms with Crippen LogP contribution in [0, 0.1) is 5.92 Å². The van der Waals surface area contributed by atoms with E-state index in [4.69, 9.17) is 4.74 Å². The first kappa shape index (κ1) is 18.5. The molecule has 2 heterocycles. The van der Waals surface area contributed by atoms with E-state index in [9.17, 15) is 18.0 Å². The monoisotopic (exact) mass is 380 g/mol. The molecule has 0 bridgehead atoms. The molecule has 26 heavy (non-hydrogen) atoms. The Bertz CT molecular complexity index is 986. The molecule has 0 radical (unpaired) electrons. The number of amides is 1. The SMILES string of the molecule is CN(C)S(=O)(=O)C[C@@H]1COC[C@@H]1NC(=O)c1n[nH]c(=O)c2ccccc12. The van der Waals surface area contributed by atoms with E-state index >= 15 is 0 Å². The van der Waals surface area contributed by atoms with Crippen molar-refractivity contribution in [1.82, 2.24) is 19.8 Å². The van der Waals surface area contributed by atoms with Crippen molar-refractivity contribution in [3.8, 4) is 0 Å². The zero-order valence-electron chi connectivity index (χ0n) is 14.4. The molecule has 10 heteroatoms. The Kier molecular flexibility index (Phi) is 5.08. The number of aromatic amines is 1. The van der Waals surface area contributed by atoms with Crippen LogP contribution >= 0.6 is 0 Å². The van der Waals surface area contributed by atoms with Crippen LogP contribution in [0.5, 0.6) is 0 Å². The standard InChI is InChI=1S/C16H20N4O5S/c1-20(2)26(23,24)9-10-7-25-8-13(10)17-16(22)14-11-5-3-4-6-12(11)15(21)19-18-14/h3-6,10,13H,7-9H2,1-2H3,(H,17,22)(H,19,21)/t10-,13-/m0/s1. The molecule has 0 spiro atoms. The second-order valence-corrected chi connectivity index (χ2v) is 8.61. The summed E-state index contributed by atoms with van der Waals surface area (Å²) in [6, 6.07) is 6.21. The predicted octanol–water partition coefficient (Wildman–Crippen LogP) is -0.441. The zero-order chi connectivity index (χ0) is 18.9. The maximum atomic E-state index is 12.7. The van der Waals surface area contributed by atoms with E-state index in [-0.39, 0.29) is 36.1 Å². The van der Waals surface area contributed by atoms with E-state index in [2.05, 4.69) is 15.5 Å². The minimum atomic E-state index is -3.42. The van der Waals surface area contributed by atoms with Gasteiger partial charge in [-0.2, -0.15) is 5.10 Å². The second kappa shape index (κ2) is 7.14. The minimum Gasteiger partial charge on any atom is -0.379 e. The summed E-state index contributed by atoms with van der Waals surface area (Å²) in [5.74, 6) is -0.967. The van der Waals surface area contributed by atoms with Gasteiger partial charge < -0.3 is 10.1 Å². The maximum Gasteiger partial charge on any atom is 0.272 e. The summed E-state index contributed by atoms with van der Waals surface area (Å²) in [5, 5.41) is 9.76. The summed E-state index contributed by atoms with van der Waals surface area (Å²) < 4.78 is 30.7. The number of carbonyl (C=O) groups excluding carboxylic acids is 1. The van der Waals surface area contributed by atoms with Crippen molar-refractivity contribution >= 4 is 26.7 Å². The molecule has 1 saturated heterocycles. The Morgan fingerprint density at radius 3 is 2.69 bits per heavy atom. The largest absolute Gasteiger partial charge is 0.379 e. The van der Waals surface area contributed by atoms with Gasteiger partial charge in [0.05, 0.1) is 30.4 Å². The number of aromatic nitrogens is 2. The van der Waals surface area contributed by atoms with Gasteiger partial charge >= 0.3 is 0 Å². The van der Waals surface area contributed by atoms with Gasteiger partial charge in [-0.25, -0.2) is 17.8 Å². The fourth-order valence-corrected chi connectivity index (χ4v) is 4.03. The lowest BCUT2D eigenvalue weighted by atomic mass is 10.1. The Balaban J connectivity index is 1.82. The Morgan fingerprint density at radius 1 is 1.31 bits per heavy atom. The minimum absolute atomic E-state index is 0.0846. The lowest BCUT2D eigenvalue weighted by Crippen LogP contribution is -2.44. The van der Waals surface area contributed by atoms with E-state index in [1.807, 2.05) is 0 Å². The molecule has 9 nitrogen and oxygen atoms in total. The number of rotatable bonds is 5. The van der Waals surface area contributed by atoms with Crippen LogP contribution in [0.15, 0.2) is 29.1 Å². The molecule has 1 aromatic heterocycles. The van der Waals surface area contributed by atoms with Crippen LogP contribution in [-0.4, -0.2) is 67.9 Å². The molecular weight excluding hydrogens is 360 g/mol. The number of nitrogens with zero attached hydrogens (tertiary/aromatic N) is 2. The van der Waals surface area contributed by atoms with Gasteiger partial charge in [-0.15, -0.1) is 0 Å². The number of benzene rings is 1. The quantitative estimate of drug-likeness (QED) is 0.725. The van der Waals surface area contributed by atoms with Crippen LogP contribution in [-0.2, 0) is 14.8 Å². The number of fused-ring (bicyclic) bond motifs is 1. The van der Waals surface area contributed by atoms with Crippen molar-refractivity contribution in [2.75, 3.05) is 33.1 Å². The van der Waals surface area contributed by atoms with Gasteiger partial charge in [0.2, 0.25) is 10.0 Å². The molecule has 2 aromatic rings. The third kappa shape index (κ3) is 3.62. The number of ether oxygens (including phenoxy) is 1. The average molecular weight is 380 g/mol. The van der Waals surface area contributed by atoms with Crippen LogP contribution in [0.2, 0.25) is 0 Å². The first-order valence-electron chi connectivity index (χ1n) is 8.06. The van der Waals surface area contributed by atoms with Gasteiger partial charge in [-0.05, 0) is 6.07 Å². The molecule has 2 atom stereocenters. The third-order valence-electron chi connectivity index (χ3n) is 4.41. The molecular formula is C16H20N4O5S. The molecule has 1 fully saturated rings. The maximum absolute atomic E-state index is 12.7. The van der Waals surface area contributed by atoms with Gasteiger partial charge in [0, 0.05) is 25.4 Å². The molecule has 1 amide bonds. The summed E-state index contributed by atoms with van der Waals surface area (Å²) in [4.78, 5) is 24.5. The Hall–Kier alpha value is -2.30. The highest BCUT2D eigenvalue weighted by molar-refractivity contribution is 7.89. The highest BCUT2D eigenvalue weighted by Crippen LogP contribution is 2.19. The molecule has 3 rings (SSSR count). The first-order valence-corrected chi connectivity index (χ1v) is 9.67. The van der Waals surface area contributed by atoms with Crippen molar-refractivity contribution in [2.24, 2.45) is 5.92 Å². The highest BCUT2D eigenvalue weighted by atomic mass is 32.2. The number of H-pyrrole nitrogens is 1. The van der Waals surface area contributed by atoms with Crippen LogP contribution in [0.1, 0.15) is 10.5 Å². The molecule has 0 unspecified atom stereocenters. The first-order chi connectivity index (χ1) is 12.3. The number of nitrogens with one attached hydrogen (secondary N) is 2. The smallest absolute Gasteiger partial charge is 0.272 e. The fourth-order valence-electron chi connectivity index (χ4n) is 2.87. The van der Waals surface area contributed by atoms with E-state index < -0.39 is 22.0 Å². The van der Waals surface area contributed by atoms with Gasteiger partial charge in [-0.3, -0.25) is 9.59 Å². The van der Waals surface area contributed by atoms with Gasteiger partial charge in [-0.1, -0.05) is 18.2 Å². The Morgan fingerprint density at radius 2 is 2.00 bits per heavy atom. The number of sulfonamides is 1. The summed E-state index contributed by atoms with van der Waals surface area (Å²) >= 11 is 0. The van der Waals surface area contributed by atoms with Crippen LogP contribution < -0.4 is 10.9 Å². The van der Waals surface area contributed by atoms with Crippen molar-refractivity contribution in [3.05, 3.63) is 40.3 Å². The third-order valence-corrected chi connectivity index (χ3v) is 6.37. The molecule has 0 aliphatic carbocycles. The van der Waals surface area contributed by atoms with E-state index in [0.717, 1.165) is 4.31 Å². The second-order valence-electron chi connectivity index (χ2n) is 6.39.